The minimum absolute atomic E-state index is 0.0448. The highest BCUT2D eigenvalue weighted by Gasteiger charge is 2.38. The number of hydrazine groups is 1. The SMILES string of the molecule is CCCC(CC)(CCC)CNN1C(=O)c2cc(O)c(O)cc2C1=O. The van der Waals surface area contributed by atoms with Gasteiger partial charge in [0.1, 0.15) is 0 Å². The molecule has 24 heavy (non-hydrogen) atoms. The summed E-state index contributed by atoms with van der Waals surface area (Å²) in [4.78, 5) is 24.9. The van der Waals surface area contributed by atoms with E-state index < -0.39 is 23.3 Å². The standard InChI is InChI=1S/C18H26N2O4/c1-4-7-18(6-3,8-5-2)11-19-20-16(23)12-9-14(21)15(22)10-13(12)17(20)24/h9-10,19,21-22H,4-8,11H2,1-3H3. The molecule has 6 heteroatoms. The molecule has 0 fully saturated rings. The first-order valence-corrected chi connectivity index (χ1v) is 8.57. The lowest BCUT2D eigenvalue weighted by Crippen LogP contribution is -2.47. The molecule has 0 bridgehead atoms. The van der Waals surface area contributed by atoms with Crippen molar-refractivity contribution < 1.29 is 19.8 Å². The zero-order chi connectivity index (χ0) is 17.9. The molecule has 6 nitrogen and oxygen atoms in total. The average molecular weight is 334 g/mol. The van der Waals surface area contributed by atoms with Crippen molar-refractivity contribution >= 4 is 11.8 Å². The molecule has 0 radical (unpaired) electrons. The van der Waals surface area contributed by atoms with Crippen LogP contribution >= 0.6 is 0 Å². The second kappa shape index (κ2) is 7.21. The quantitative estimate of drug-likeness (QED) is 0.502. The van der Waals surface area contributed by atoms with E-state index in [4.69, 9.17) is 0 Å². The van der Waals surface area contributed by atoms with Crippen LogP contribution in [0.2, 0.25) is 0 Å². The number of nitrogens with zero attached hydrogens (tertiary/aromatic N) is 1. The first-order chi connectivity index (χ1) is 11.4. The number of phenols is 2. The number of amides is 2. The number of hydrogen-bond donors (Lipinski definition) is 3. The second-order valence-corrected chi connectivity index (χ2v) is 6.52. The molecular formula is C18H26N2O4. The molecule has 0 atom stereocenters. The van der Waals surface area contributed by atoms with Crippen molar-refractivity contribution in [3.05, 3.63) is 23.3 Å². The van der Waals surface area contributed by atoms with E-state index in [1.54, 1.807) is 0 Å². The summed E-state index contributed by atoms with van der Waals surface area (Å²) < 4.78 is 0. The average Bonchev–Trinajstić information content (AvgIpc) is 2.77. The van der Waals surface area contributed by atoms with Gasteiger partial charge in [-0.3, -0.25) is 9.59 Å². The Bertz CT molecular complexity index is 595. The van der Waals surface area contributed by atoms with Gasteiger partial charge in [-0.25, -0.2) is 10.4 Å². The van der Waals surface area contributed by atoms with Crippen LogP contribution in [0.4, 0.5) is 0 Å². The fourth-order valence-corrected chi connectivity index (χ4v) is 3.50. The highest BCUT2D eigenvalue weighted by molar-refractivity contribution is 6.21. The smallest absolute Gasteiger partial charge is 0.276 e. The summed E-state index contributed by atoms with van der Waals surface area (Å²) in [6, 6.07) is 2.27. The fraction of sp³-hybridized carbons (Fsp3) is 0.556. The lowest BCUT2D eigenvalue weighted by molar-refractivity contribution is 0.0513. The van der Waals surface area contributed by atoms with Gasteiger partial charge in [-0.05, 0) is 36.8 Å². The van der Waals surface area contributed by atoms with Crippen LogP contribution in [-0.2, 0) is 0 Å². The highest BCUT2D eigenvalue weighted by Crippen LogP contribution is 2.35. The monoisotopic (exact) mass is 334 g/mol. The summed E-state index contributed by atoms with van der Waals surface area (Å²) in [5.74, 6) is -1.81. The van der Waals surface area contributed by atoms with Crippen molar-refractivity contribution in [2.24, 2.45) is 5.41 Å². The Balaban J connectivity index is 2.19. The van der Waals surface area contributed by atoms with E-state index in [-0.39, 0.29) is 16.5 Å². The van der Waals surface area contributed by atoms with Gasteiger partial charge in [0.25, 0.3) is 11.8 Å². The van der Waals surface area contributed by atoms with Crippen LogP contribution in [0.1, 0.15) is 73.6 Å². The maximum absolute atomic E-state index is 12.4. The number of fused-ring (bicyclic) bond motifs is 1. The van der Waals surface area contributed by atoms with Gasteiger partial charge in [-0.15, -0.1) is 0 Å². The Labute approximate surface area is 142 Å². The normalized spacial score (nSPS) is 14.4. The van der Waals surface area contributed by atoms with E-state index in [1.807, 2.05) is 0 Å². The Morgan fingerprint density at radius 3 is 1.79 bits per heavy atom. The molecule has 0 spiro atoms. The minimum atomic E-state index is -0.497. The number of rotatable bonds is 8. The van der Waals surface area contributed by atoms with Crippen molar-refractivity contribution in [2.45, 2.75) is 52.9 Å². The summed E-state index contributed by atoms with van der Waals surface area (Å²) >= 11 is 0. The number of nitrogens with one attached hydrogen (secondary N) is 1. The predicted octanol–water partition coefficient (Wildman–Crippen LogP) is 3.20. The van der Waals surface area contributed by atoms with Crippen molar-refractivity contribution in [3.8, 4) is 11.5 Å². The second-order valence-electron chi connectivity index (χ2n) is 6.52. The van der Waals surface area contributed by atoms with Gasteiger partial charge in [0.05, 0.1) is 11.1 Å². The van der Waals surface area contributed by atoms with Crippen LogP contribution in [0.5, 0.6) is 11.5 Å². The minimum Gasteiger partial charge on any atom is -0.504 e. The van der Waals surface area contributed by atoms with Crippen molar-refractivity contribution in [1.82, 2.24) is 10.4 Å². The van der Waals surface area contributed by atoms with Crippen molar-refractivity contribution in [1.29, 1.82) is 0 Å². The third kappa shape index (κ3) is 3.24. The number of aromatic hydroxyl groups is 2. The largest absolute Gasteiger partial charge is 0.504 e. The molecule has 1 aliphatic heterocycles. The molecule has 0 saturated heterocycles. The number of phenolic OH excluding ortho intramolecular Hbond substituents is 2. The zero-order valence-electron chi connectivity index (χ0n) is 14.6. The van der Waals surface area contributed by atoms with Crippen LogP contribution in [0, 0.1) is 5.41 Å². The lowest BCUT2D eigenvalue weighted by Gasteiger charge is -2.34. The topological polar surface area (TPSA) is 89.9 Å². The van der Waals surface area contributed by atoms with Crippen LogP contribution in [0.25, 0.3) is 0 Å². The summed E-state index contributed by atoms with van der Waals surface area (Å²) in [7, 11) is 0. The van der Waals surface area contributed by atoms with Gasteiger partial charge in [-0.2, -0.15) is 0 Å². The van der Waals surface area contributed by atoms with Gasteiger partial charge < -0.3 is 10.2 Å². The number of benzene rings is 1. The van der Waals surface area contributed by atoms with E-state index in [0.717, 1.165) is 49.2 Å². The van der Waals surface area contributed by atoms with Gasteiger partial charge in [-0.1, -0.05) is 33.6 Å². The molecule has 1 aromatic rings. The van der Waals surface area contributed by atoms with Gasteiger partial charge in [0.15, 0.2) is 11.5 Å². The molecule has 2 amide bonds. The summed E-state index contributed by atoms with van der Waals surface area (Å²) in [5, 5.41) is 20.1. The molecule has 0 aromatic heterocycles. The molecule has 0 aliphatic carbocycles. The first-order valence-electron chi connectivity index (χ1n) is 8.57. The van der Waals surface area contributed by atoms with E-state index in [1.165, 1.54) is 0 Å². The number of carbonyl (C=O) groups excluding carboxylic acids is 2. The van der Waals surface area contributed by atoms with Crippen molar-refractivity contribution in [2.75, 3.05) is 6.54 Å². The molecule has 0 saturated carbocycles. The van der Waals surface area contributed by atoms with Gasteiger partial charge in [0, 0.05) is 6.54 Å². The van der Waals surface area contributed by atoms with E-state index in [0.29, 0.717) is 6.54 Å². The molecule has 0 unspecified atom stereocenters. The van der Waals surface area contributed by atoms with Crippen molar-refractivity contribution in [3.63, 3.8) is 0 Å². The van der Waals surface area contributed by atoms with Crippen LogP contribution < -0.4 is 5.43 Å². The predicted molar refractivity (Wildman–Crippen MR) is 90.8 cm³/mol. The van der Waals surface area contributed by atoms with Crippen LogP contribution in [0.15, 0.2) is 12.1 Å². The summed E-state index contributed by atoms with van der Waals surface area (Å²) in [6.45, 7) is 6.93. The first kappa shape index (κ1) is 18.3. The lowest BCUT2D eigenvalue weighted by atomic mass is 9.77. The van der Waals surface area contributed by atoms with E-state index in [2.05, 4.69) is 26.2 Å². The highest BCUT2D eigenvalue weighted by atomic mass is 16.3. The Hall–Kier alpha value is -2.08. The Morgan fingerprint density at radius 2 is 1.42 bits per heavy atom. The number of carbonyl (C=O) groups is 2. The molecule has 1 heterocycles. The third-order valence-electron chi connectivity index (χ3n) is 4.90. The third-order valence-corrected chi connectivity index (χ3v) is 4.90. The van der Waals surface area contributed by atoms with Gasteiger partial charge in [0.2, 0.25) is 0 Å². The fourth-order valence-electron chi connectivity index (χ4n) is 3.50. The van der Waals surface area contributed by atoms with Gasteiger partial charge >= 0.3 is 0 Å². The van der Waals surface area contributed by atoms with Crippen LogP contribution in [0.3, 0.4) is 0 Å². The number of hydrogen-bond acceptors (Lipinski definition) is 5. The van der Waals surface area contributed by atoms with E-state index in [9.17, 15) is 19.8 Å². The zero-order valence-corrected chi connectivity index (χ0v) is 14.6. The molecule has 132 valence electrons. The van der Waals surface area contributed by atoms with Crippen LogP contribution in [-0.4, -0.2) is 33.6 Å². The summed E-state index contributed by atoms with van der Waals surface area (Å²) in [6.07, 6.45) is 5.09. The summed E-state index contributed by atoms with van der Waals surface area (Å²) in [5.41, 5.74) is 3.26. The molecule has 2 rings (SSSR count). The Morgan fingerprint density at radius 1 is 0.958 bits per heavy atom. The molecule has 1 aromatic carbocycles. The maximum atomic E-state index is 12.4. The Kier molecular flexibility index (Phi) is 5.49. The number of imide groups is 1. The van der Waals surface area contributed by atoms with E-state index >= 15 is 0 Å². The maximum Gasteiger partial charge on any atom is 0.276 e. The molecule has 3 N–H and O–H groups in total. The molecule has 1 aliphatic rings. The molecular weight excluding hydrogens is 308 g/mol.